The van der Waals surface area contributed by atoms with E-state index >= 15 is 0 Å². The standard InChI is InChI=1S/C13H17ClN2O4/c1-9(8-17)15(2)13(20)16(7-12(18)19)11-5-3-10(14)4-6-11/h3-6,9,17H,7-8H2,1-2H3,(H,18,19). The molecule has 6 nitrogen and oxygen atoms in total. The highest BCUT2D eigenvalue weighted by molar-refractivity contribution is 6.30. The second-order valence-electron chi connectivity index (χ2n) is 4.38. The number of aliphatic carboxylic acids is 1. The zero-order valence-corrected chi connectivity index (χ0v) is 12.0. The summed E-state index contributed by atoms with van der Waals surface area (Å²) >= 11 is 5.77. The van der Waals surface area contributed by atoms with Crippen molar-refractivity contribution in [2.75, 3.05) is 25.1 Å². The molecule has 0 heterocycles. The van der Waals surface area contributed by atoms with E-state index in [4.69, 9.17) is 21.8 Å². The van der Waals surface area contributed by atoms with Crippen LogP contribution < -0.4 is 4.90 Å². The van der Waals surface area contributed by atoms with Gasteiger partial charge in [-0.05, 0) is 31.2 Å². The van der Waals surface area contributed by atoms with Crippen LogP contribution in [0, 0.1) is 0 Å². The molecule has 0 aliphatic carbocycles. The molecule has 20 heavy (non-hydrogen) atoms. The van der Waals surface area contributed by atoms with Gasteiger partial charge in [-0.3, -0.25) is 9.69 Å². The highest BCUT2D eigenvalue weighted by Crippen LogP contribution is 2.19. The molecule has 1 atom stereocenters. The van der Waals surface area contributed by atoms with Crippen LogP contribution in [0.1, 0.15) is 6.92 Å². The van der Waals surface area contributed by atoms with Crippen molar-refractivity contribution in [3.8, 4) is 0 Å². The normalized spacial score (nSPS) is 11.8. The number of carbonyl (C=O) groups is 2. The van der Waals surface area contributed by atoms with Gasteiger partial charge in [-0.25, -0.2) is 4.79 Å². The van der Waals surface area contributed by atoms with Gasteiger partial charge in [0.25, 0.3) is 0 Å². The quantitative estimate of drug-likeness (QED) is 0.866. The first-order chi connectivity index (χ1) is 9.36. The van der Waals surface area contributed by atoms with Crippen LogP contribution in [0.5, 0.6) is 0 Å². The lowest BCUT2D eigenvalue weighted by atomic mass is 10.2. The smallest absolute Gasteiger partial charge is 0.325 e. The lowest BCUT2D eigenvalue weighted by Crippen LogP contribution is -2.48. The molecule has 0 bridgehead atoms. The van der Waals surface area contributed by atoms with E-state index in [0.717, 1.165) is 4.90 Å². The average Bonchev–Trinajstić information content (AvgIpc) is 2.43. The summed E-state index contributed by atoms with van der Waals surface area (Å²) < 4.78 is 0. The van der Waals surface area contributed by atoms with Gasteiger partial charge in [0, 0.05) is 17.8 Å². The number of nitrogens with zero attached hydrogens (tertiary/aromatic N) is 2. The number of aliphatic hydroxyl groups excluding tert-OH is 1. The van der Waals surface area contributed by atoms with Gasteiger partial charge in [-0.2, -0.15) is 0 Å². The number of hydrogen-bond donors (Lipinski definition) is 2. The van der Waals surface area contributed by atoms with Crippen molar-refractivity contribution in [1.29, 1.82) is 0 Å². The summed E-state index contributed by atoms with van der Waals surface area (Å²) in [5, 5.41) is 18.5. The molecule has 1 aromatic carbocycles. The Hall–Kier alpha value is -1.79. The maximum atomic E-state index is 12.3. The first-order valence-corrected chi connectivity index (χ1v) is 6.37. The number of anilines is 1. The van der Waals surface area contributed by atoms with Gasteiger partial charge in [0.1, 0.15) is 6.54 Å². The first-order valence-electron chi connectivity index (χ1n) is 5.99. The molecule has 1 unspecified atom stereocenters. The van der Waals surface area contributed by atoms with Crippen molar-refractivity contribution < 1.29 is 19.8 Å². The Kier molecular flexibility index (Phi) is 5.79. The zero-order chi connectivity index (χ0) is 15.3. The molecular formula is C13H17ClN2O4. The van der Waals surface area contributed by atoms with Gasteiger partial charge >= 0.3 is 12.0 Å². The number of benzene rings is 1. The highest BCUT2D eigenvalue weighted by Gasteiger charge is 2.24. The number of carboxylic acid groups (broad SMARTS) is 1. The maximum Gasteiger partial charge on any atom is 0.325 e. The Labute approximate surface area is 122 Å². The fraction of sp³-hybridized carbons (Fsp3) is 0.385. The van der Waals surface area contributed by atoms with Crippen LogP contribution in [-0.2, 0) is 4.79 Å². The molecule has 7 heteroatoms. The molecule has 0 fully saturated rings. The predicted molar refractivity (Wildman–Crippen MR) is 76.1 cm³/mol. The summed E-state index contributed by atoms with van der Waals surface area (Å²) in [4.78, 5) is 25.6. The lowest BCUT2D eigenvalue weighted by Gasteiger charge is -2.30. The number of urea groups is 1. The third-order valence-corrected chi connectivity index (χ3v) is 3.14. The molecule has 0 saturated carbocycles. The van der Waals surface area contributed by atoms with Crippen LogP contribution in [0.3, 0.4) is 0 Å². The van der Waals surface area contributed by atoms with E-state index in [1.807, 2.05) is 0 Å². The summed E-state index contributed by atoms with van der Waals surface area (Å²) in [7, 11) is 1.51. The minimum atomic E-state index is -1.13. The molecule has 0 aliphatic rings. The molecule has 0 radical (unpaired) electrons. The minimum Gasteiger partial charge on any atom is -0.480 e. The predicted octanol–water partition coefficient (Wildman–Crippen LogP) is 1.66. The molecule has 0 spiro atoms. The number of likely N-dealkylation sites (N-methyl/N-ethyl adjacent to an activating group) is 1. The third kappa shape index (κ3) is 4.11. The van der Waals surface area contributed by atoms with Crippen molar-refractivity contribution in [2.45, 2.75) is 13.0 Å². The molecule has 110 valence electrons. The Bertz CT molecular complexity index is 478. The van der Waals surface area contributed by atoms with E-state index in [0.29, 0.717) is 10.7 Å². The van der Waals surface area contributed by atoms with Gasteiger partial charge in [0.05, 0.1) is 12.6 Å². The largest absolute Gasteiger partial charge is 0.480 e. The zero-order valence-electron chi connectivity index (χ0n) is 11.3. The molecule has 2 amide bonds. The highest BCUT2D eigenvalue weighted by atomic mass is 35.5. The summed E-state index contributed by atoms with van der Waals surface area (Å²) in [5.41, 5.74) is 0.429. The van der Waals surface area contributed by atoms with E-state index in [2.05, 4.69) is 0 Å². The molecule has 0 aliphatic heterocycles. The molecule has 0 aromatic heterocycles. The molecule has 0 saturated heterocycles. The Morgan fingerprint density at radius 1 is 1.30 bits per heavy atom. The van der Waals surface area contributed by atoms with Crippen LogP contribution in [0.25, 0.3) is 0 Å². The molecule has 1 rings (SSSR count). The van der Waals surface area contributed by atoms with Gasteiger partial charge < -0.3 is 15.1 Å². The van der Waals surface area contributed by atoms with Crippen molar-refractivity contribution in [3.63, 3.8) is 0 Å². The SMILES string of the molecule is CC(CO)N(C)C(=O)N(CC(=O)O)c1ccc(Cl)cc1. The van der Waals surface area contributed by atoms with Gasteiger partial charge in [-0.15, -0.1) is 0 Å². The van der Waals surface area contributed by atoms with E-state index < -0.39 is 24.6 Å². The van der Waals surface area contributed by atoms with Crippen molar-refractivity contribution in [1.82, 2.24) is 4.90 Å². The van der Waals surface area contributed by atoms with Crippen LogP contribution in [0.15, 0.2) is 24.3 Å². The van der Waals surface area contributed by atoms with E-state index in [1.54, 1.807) is 31.2 Å². The second kappa shape index (κ2) is 7.12. The number of amides is 2. The fourth-order valence-electron chi connectivity index (χ4n) is 1.53. The molecule has 1 aromatic rings. The number of carbonyl (C=O) groups excluding carboxylic acids is 1. The van der Waals surface area contributed by atoms with E-state index in [-0.39, 0.29) is 6.61 Å². The van der Waals surface area contributed by atoms with E-state index in [9.17, 15) is 9.59 Å². The van der Waals surface area contributed by atoms with Gasteiger partial charge in [0.15, 0.2) is 0 Å². The van der Waals surface area contributed by atoms with Gasteiger partial charge in [0.2, 0.25) is 0 Å². The first kappa shape index (κ1) is 16.3. The molecule has 2 N–H and O–H groups in total. The number of hydrogen-bond acceptors (Lipinski definition) is 3. The maximum absolute atomic E-state index is 12.3. The van der Waals surface area contributed by atoms with Crippen molar-refractivity contribution >= 4 is 29.3 Å². The van der Waals surface area contributed by atoms with Gasteiger partial charge in [-0.1, -0.05) is 11.6 Å². The Morgan fingerprint density at radius 2 is 1.85 bits per heavy atom. The summed E-state index contributed by atoms with van der Waals surface area (Å²) in [6.45, 7) is 0.992. The lowest BCUT2D eigenvalue weighted by molar-refractivity contribution is -0.135. The van der Waals surface area contributed by atoms with Crippen LogP contribution in [0.2, 0.25) is 5.02 Å². The molecular weight excluding hydrogens is 284 g/mol. The van der Waals surface area contributed by atoms with Crippen LogP contribution in [0.4, 0.5) is 10.5 Å². The summed E-state index contributed by atoms with van der Waals surface area (Å²) in [5.74, 6) is -1.13. The fourth-order valence-corrected chi connectivity index (χ4v) is 1.65. The van der Waals surface area contributed by atoms with Crippen LogP contribution in [-0.4, -0.2) is 53.4 Å². The van der Waals surface area contributed by atoms with Crippen molar-refractivity contribution in [2.24, 2.45) is 0 Å². The van der Waals surface area contributed by atoms with Crippen molar-refractivity contribution in [3.05, 3.63) is 29.3 Å². The minimum absolute atomic E-state index is 0.205. The number of carboxylic acids is 1. The summed E-state index contributed by atoms with van der Waals surface area (Å²) in [6.07, 6.45) is 0. The number of rotatable bonds is 5. The Morgan fingerprint density at radius 3 is 2.30 bits per heavy atom. The number of aliphatic hydroxyl groups is 1. The van der Waals surface area contributed by atoms with E-state index in [1.165, 1.54) is 11.9 Å². The third-order valence-electron chi connectivity index (χ3n) is 2.89. The summed E-state index contributed by atoms with van der Waals surface area (Å²) in [6, 6.07) is 5.38. The van der Waals surface area contributed by atoms with Crippen LogP contribution >= 0.6 is 11.6 Å². The average molecular weight is 301 g/mol. The Balaban J connectivity index is 3.03. The monoisotopic (exact) mass is 300 g/mol. The second-order valence-corrected chi connectivity index (χ2v) is 4.82. The number of halogens is 1. The topological polar surface area (TPSA) is 81.1 Å².